The molecule has 4 aromatic rings. The molecule has 196 valence electrons. The van der Waals surface area contributed by atoms with Crippen LogP contribution in [0.3, 0.4) is 0 Å². The Morgan fingerprint density at radius 3 is 2.16 bits per heavy atom. The largest absolute Gasteiger partial charge is 0.497 e. The topological polar surface area (TPSA) is 71.8 Å². The van der Waals surface area contributed by atoms with Crippen LogP contribution in [-0.4, -0.2) is 61.4 Å². The normalized spacial score (nSPS) is 14.4. The predicted octanol–water partition coefficient (Wildman–Crippen LogP) is 4.92. The molecule has 3 aromatic carbocycles. The van der Waals surface area contributed by atoms with Crippen molar-refractivity contribution in [3.63, 3.8) is 0 Å². The smallest absolute Gasteiger partial charge is 0.255 e. The number of aryl methyl sites for hydroxylation is 1. The number of methoxy groups -OCH3 is 1. The van der Waals surface area contributed by atoms with E-state index < -0.39 is 10.0 Å². The van der Waals surface area contributed by atoms with Crippen molar-refractivity contribution in [1.82, 2.24) is 13.8 Å². The van der Waals surface area contributed by atoms with Crippen LogP contribution >= 0.6 is 0 Å². The van der Waals surface area contributed by atoms with Crippen LogP contribution in [0.1, 0.15) is 21.6 Å². The van der Waals surface area contributed by atoms with Crippen molar-refractivity contribution < 1.29 is 17.9 Å². The van der Waals surface area contributed by atoms with E-state index in [4.69, 9.17) is 4.74 Å². The summed E-state index contributed by atoms with van der Waals surface area (Å²) < 4.78 is 35.2. The zero-order valence-electron chi connectivity index (χ0n) is 21.8. The number of ether oxygens (including phenoxy) is 1. The summed E-state index contributed by atoms with van der Waals surface area (Å²) in [5.74, 6) is 0.633. The molecule has 2 heterocycles. The number of sulfonamides is 1. The van der Waals surface area contributed by atoms with Crippen LogP contribution in [0.5, 0.6) is 5.75 Å². The molecule has 1 aliphatic heterocycles. The van der Waals surface area contributed by atoms with Crippen LogP contribution in [0.4, 0.5) is 0 Å². The maximum absolute atomic E-state index is 13.8. The third-order valence-corrected chi connectivity index (χ3v) is 8.95. The number of hydrogen-bond acceptors (Lipinski definition) is 4. The fraction of sp³-hybridized carbons (Fsp3) is 0.233. The molecule has 1 amide bonds. The first-order chi connectivity index (χ1) is 18.3. The highest BCUT2D eigenvalue weighted by atomic mass is 32.2. The van der Waals surface area contributed by atoms with E-state index in [9.17, 15) is 13.2 Å². The van der Waals surface area contributed by atoms with Crippen LogP contribution in [-0.2, 0) is 10.0 Å². The summed E-state index contributed by atoms with van der Waals surface area (Å²) in [5.41, 5.74) is 5.21. The molecule has 0 unspecified atom stereocenters. The van der Waals surface area contributed by atoms with E-state index in [1.165, 1.54) is 4.31 Å². The van der Waals surface area contributed by atoms with Crippen molar-refractivity contribution in [2.75, 3.05) is 33.3 Å². The first-order valence-corrected chi connectivity index (χ1v) is 14.0. The van der Waals surface area contributed by atoms with Gasteiger partial charge in [-0.1, -0.05) is 48.0 Å². The van der Waals surface area contributed by atoms with Gasteiger partial charge in [-0.15, -0.1) is 0 Å². The number of hydrogen-bond donors (Lipinski definition) is 0. The summed E-state index contributed by atoms with van der Waals surface area (Å²) in [6.45, 7) is 5.03. The standard InChI is InChI=1S/C30H31N3O4S/c1-22-12-14-27(15-13-22)38(35,36)32-18-16-31(17-19-32)30(34)28-21-29(24-8-7-11-26(20-24)37-3)33(23(28)2)25-9-5-4-6-10-25/h4-15,20-21H,16-19H2,1-3H3. The highest BCUT2D eigenvalue weighted by molar-refractivity contribution is 7.89. The Balaban J connectivity index is 1.43. The molecule has 1 saturated heterocycles. The van der Waals surface area contributed by atoms with Gasteiger partial charge in [0, 0.05) is 43.1 Å². The van der Waals surface area contributed by atoms with E-state index in [-0.39, 0.29) is 23.9 Å². The van der Waals surface area contributed by atoms with Crippen LogP contribution in [0, 0.1) is 13.8 Å². The third-order valence-electron chi connectivity index (χ3n) is 7.04. The van der Waals surface area contributed by atoms with E-state index in [0.717, 1.165) is 34.0 Å². The number of rotatable bonds is 6. The second-order valence-corrected chi connectivity index (χ2v) is 11.4. The average molecular weight is 530 g/mol. The minimum absolute atomic E-state index is 0.103. The summed E-state index contributed by atoms with van der Waals surface area (Å²) in [6.07, 6.45) is 0. The summed E-state index contributed by atoms with van der Waals surface area (Å²) in [7, 11) is -1.97. The number of carbonyl (C=O) groups is 1. The molecule has 0 N–H and O–H groups in total. The lowest BCUT2D eigenvalue weighted by molar-refractivity contribution is 0.0697. The second kappa shape index (κ2) is 10.5. The predicted molar refractivity (Wildman–Crippen MR) is 148 cm³/mol. The van der Waals surface area contributed by atoms with Gasteiger partial charge in [-0.2, -0.15) is 4.31 Å². The SMILES string of the molecule is COc1cccc(-c2cc(C(=O)N3CCN(S(=O)(=O)c4ccc(C)cc4)CC3)c(C)n2-c2ccccc2)c1. The highest BCUT2D eigenvalue weighted by Gasteiger charge is 2.32. The van der Waals surface area contributed by atoms with E-state index in [1.807, 2.05) is 74.5 Å². The number of piperazine rings is 1. The van der Waals surface area contributed by atoms with Crippen molar-refractivity contribution in [3.8, 4) is 22.7 Å². The molecule has 8 heteroatoms. The molecular formula is C30H31N3O4S. The lowest BCUT2D eigenvalue weighted by Gasteiger charge is -2.34. The number of nitrogens with zero attached hydrogens (tertiary/aromatic N) is 3. The molecule has 0 spiro atoms. The van der Waals surface area contributed by atoms with Crippen LogP contribution in [0.2, 0.25) is 0 Å². The molecule has 1 aliphatic rings. The molecular weight excluding hydrogens is 498 g/mol. The van der Waals surface area contributed by atoms with Gasteiger partial charge in [-0.3, -0.25) is 4.79 Å². The maximum Gasteiger partial charge on any atom is 0.255 e. The lowest BCUT2D eigenvalue weighted by atomic mass is 10.1. The second-order valence-electron chi connectivity index (χ2n) is 9.44. The number of para-hydroxylation sites is 1. The van der Waals surface area contributed by atoms with Crippen LogP contribution in [0.25, 0.3) is 16.9 Å². The average Bonchev–Trinajstić information content (AvgIpc) is 3.30. The molecule has 38 heavy (non-hydrogen) atoms. The number of benzene rings is 3. The van der Waals surface area contributed by atoms with Crippen molar-refractivity contribution in [2.45, 2.75) is 18.7 Å². The first-order valence-electron chi connectivity index (χ1n) is 12.6. The zero-order valence-corrected chi connectivity index (χ0v) is 22.6. The van der Waals surface area contributed by atoms with Crippen LogP contribution in [0.15, 0.2) is 89.8 Å². The summed E-state index contributed by atoms with van der Waals surface area (Å²) in [6, 6.07) is 26.5. The van der Waals surface area contributed by atoms with Gasteiger partial charge in [0.1, 0.15) is 5.75 Å². The van der Waals surface area contributed by atoms with Gasteiger partial charge in [-0.25, -0.2) is 8.42 Å². The molecule has 0 atom stereocenters. The molecule has 1 fully saturated rings. The monoisotopic (exact) mass is 529 g/mol. The van der Waals surface area contributed by atoms with Gasteiger partial charge < -0.3 is 14.2 Å². The van der Waals surface area contributed by atoms with Crippen molar-refractivity contribution in [2.24, 2.45) is 0 Å². The van der Waals surface area contributed by atoms with Crippen molar-refractivity contribution in [3.05, 3.63) is 102 Å². The molecule has 1 aromatic heterocycles. The van der Waals surface area contributed by atoms with E-state index in [0.29, 0.717) is 18.7 Å². The fourth-order valence-corrected chi connectivity index (χ4v) is 6.31. The van der Waals surface area contributed by atoms with Crippen molar-refractivity contribution >= 4 is 15.9 Å². The summed E-state index contributed by atoms with van der Waals surface area (Å²) >= 11 is 0. The van der Waals surface area contributed by atoms with Gasteiger partial charge in [0.15, 0.2) is 0 Å². The molecule has 0 radical (unpaired) electrons. The molecule has 5 rings (SSSR count). The number of aromatic nitrogens is 1. The quantitative estimate of drug-likeness (QED) is 0.356. The minimum Gasteiger partial charge on any atom is -0.497 e. The van der Waals surface area contributed by atoms with Gasteiger partial charge in [-0.05, 0) is 56.3 Å². The van der Waals surface area contributed by atoms with Gasteiger partial charge >= 0.3 is 0 Å². The molecule has 0 bridgehead atoms. The van der Waals surface area contributed by atoms with Gasteiger partial charge in [0.05, 0.1) is 23.3 Å². The van der Waals surface area contributed by atoms with E-state index in [1.54, 1.807) is 36.3 Å². The Hall–Kier alpha value is -3.88. The van der Waals surface area contributed by atoms with Crippen LogP contribution < -0.4 is 4.74 Å². The summed E-state index contributed by atoms with van der Waals surface area (Å²) in [4.78, 5) is 15.8. The Labute approximate surface area is 223 Å². The van der Waals surface area contributed by atoms with E-state index in [2.05, 4.69) is 4.57 Å². The van der Waals surface area contributed by atoms with Gasteiger partial charge in [0.25, 0.3) is 5.91 Å². The molecule has 7 nitrogen and oxygen atoms in total. The Kier molecular flexibility index (Phi) is 7.10. The number of amides is 1. The van der Waals surface area contributed by atoms with Gasteiger partial charge in [0.2, 0.25) is 10.0 Å². The number of carbonyl (C=O) groups excluding carboxylic acids is 1. The maximum atomic E-state index is 13.8. The first kappa shape index (κ1) is 25.8. The van der Waals surface area contributed by atoms with Crippen molar-refractivity contribution in [1.29, 1.82) is 0 Å². The molecule has 0 aliphatic carbocycles. The summed E-state index contributed by atoms with van der Waals surface area (Å²) in [5, 5.41) is 0. The van der Waals surface area contributed by atoms with E-state index >= 15 is 0 Å². The Morgan fingerprint density at radius 1 is 0.816 bits per heavy atom. The minimum atomic E-state index is -3.60. The third kappa shape index (κ3) is 4.85. The fourth-order valence-electron chi connectivity index (χ4n) is 4.89. The molecule has 0 saturated carbocycles. The zero-order chi connectivity index (χ0) is 26.9. The lowest BCUT2D eigenvalue weighted by Crippen LogP contribution is -2.50. The Morgan fingerprint density at radius 2 is 1.50 bits per heavy atom. The highest BCUT2D eigenvalue weighted by Crippen LogP contribution is 2.32. The Bertz CT molecular complexity index is 1550.